The van der Waals surface area contributed by atoms with Crippen molar-refractivity contribution in [2.45, 2.75) is 13.8 Å². The number of hydrogen-bond donors (Lipinski definition) is 1. The topological polar surface area (TPSA) is 92.6 Å². The van der Waals surface area contributed by atoms with Crippen molar-refractivity contribution in [3.05, 3.63) is 68.7 Å². The van der Waals surface area contributed by atoms with Crippen molar-refractivity contribution in [2.24, 2.45) is 0 Å². The maximum absolute atomic E-state index is 12.4. The Bertz CT molecular complexity index is 850. The Hall–Kier alpha value is -2.93. The second-order valence-corrected chi connectivity index (χ2v) is 5.87. The molecule has 0 aliphatic rings. The van der Waals surface area contributed by atoms with E-state index in [1.165, 1.54) is 12.1 Å². The van der Waals surface area contributed by atoms with Gasteiger partial charge in [0.25, 0.3) is 17.5 Å². The third-order valence-electron chi connectivity index (χ3n) is 3.82. The zero-order chi connectivity index (χ0) is 19.3. The molecule has 0 radical (unpaired) electrons. The van der Waals surface area contributed by atoms with Crippen molar-refractivity contribution in [3.8, 4) is 0 Å². The number of anilines is 1. The lowest BCUT2D eigenvalue weighted by molar-refractivity contribution is -0.385. The number of rotatable bonds is 6. The molecule has 0 aliphatic carbocycles. The SMILES string of the molecule is CCN(CC)C(=O)c1cccc(NC(=O)c2ccc(Cl)cc2[N+](=O)[O-])c1. The van der Waals surface area contributed by atoms with Gasteiger partial charge in [-0.1, -0.05) is 17.7 Å². The molecular formula is C18H18ClN3O4. The zero-order valence-electron chi connectivity index (χ0n) is 14.4. The highest BCUT2D eigenvalue weighted by Gasteiger charge is 2.21. The Balaban J connectivity index is 2.27. The quantitative estimate of drug-likeness (QED) is 0.610. The monoisotopic (exact) mass is 375 g/mol. The zero-order valence-corrected chi connectivity index (χ0v) is 15.1. The second kappa shape index (κ2) is 8.44. The Morgan fingerprint density at radius 1 is 1.15 bits per heavy atom. The van der Waals surface area contributed by atoms with Gasteiger partial charge < -0.3 is 10.2 Å². The smallest absolute Gasteiger partial charge is 0.283 e. The minimum Gasteiger partial charge on any atom is -0.339 e. The molecule has 0 saturated carbocycles. The van der Waals surface area contributed by atoms with E-state index in [0.29, 0.717) is 24.3 Å². The van der Waals surface area contributed by atoms with Gasteiger partial charge in [-0.2, -0.15) is 0 Å². The molecule has 2 aromatic carbocycles. The first kappa shape index (κ1) is 19.4. The van der Waals surface area contributed by atoms with Gasteiger partial charge in [0.05, 0.1) is 4.92 Å². The molecule has 0 aromatic heterocycles. The number of nitro benzene ring substituents is 1. The molecule has 0 aliphatic heterocycles. The fraction of sp³-hybridized carbons (Fsp3) is 0.222. The van der Waals surface area contributed by atoms with Gasteiger partial charge in [-0.15, -0.1) is 0 Å². The number of nitro groups is 1. The molecule has 136 valence electrons. The summed E-state index contributed by atoms with van der Waals surface area (Å²) in [6.07, 6.45) is 0. The number of benzene rings is 2. The van der Waals surface area contributed by atoms with Crippen molar-refractivity contribution in [1.29, 1.82) is 0 Å². The van der Waals surface area contributed by atoms with Crippen LogP contribution in [0.2, 0.25) is 5.02 Å². The predicted octanol–water partition coefficient (Wildman–Crippen LogP) is 3.98. The Morgan fingerprint density at radius 2 is 1.85 bits per heavy atom. The molecule has 2 amide bonds. The molecule has 7 nitrogen and oxygen atoms in total. The summed E-state index contributed by atoms with van der Waals surface area (Å²) in [5.41, 5.74) is 0.305. The minimum absolute atomic E-state index is 0.111. The highest BCUT2D eigenvalue weighted by atomic mass is 35.5. The normalized spacial score (nSPS) is 10.3. The first-order valence-corrected chi connectivity index (χ1v) is 8.39. The third-order valence-corrected chi connectivity index (χ3v) is 4.05. The molecule has 0 spiro atoms. The summed E-state index contributed by atoms with van der Waals surface area (Å²) in [7, 11) is 0. The van der Waals surface area contributed by atoms with Gasteiger partial charge in [0, 0.05) is 35.4 Å². The van der Waals surface area contributed by atoms with Crippen LogP contribution in [0.4, 0.5) is 11.4 Å². The summed E-state index contributed by atoms with van der Waals surface area (Å²) in [5.74, 6) is -0.802. The molecule has 1 N–H and O–H groups in total. The van der Waals surface area contributed by atoms with Crippen molar-refractivity contribution in [1.82, 2.24) is 4.90 Å². The van der Waals surface area contributed by atoms with Crippen LogP contribution in [-0.2, 0) is 0 Å². The number of nitrogens with zero attached hydrogens (tertiary/aromatic N) is 2. The summed E-state index contributed by atoms with van der Waals surface area (Å²) in [6.45, 7) is 4.91. The van der Waals surface area contributed by atoms with Gasteiger partial charge in [0.2, 0.25) is 0 Å². The van der Waals surface area contributed by atoms with Crippen LogP contribution >= 0.6 is 11.6 Å². The van der Waals surface area contributed by atoms with Gasteiger partial charge in [-0.3, -0.25) is 19.7 Å². The highest BCUT2D eigenvalue weighted by molar-refractivity contribution is 6.31. The first-order chi connectivity index (χ1) is 12.4. The lowest BCUT2D eigenvalue weighted by Crippen LogP contribution is -2.30. The largest absolute Gasteiger partial charge is 0.339 e. The van der Waals surface area contributed by atoms with Crippen molar-refractivity contribution < 1.29 is 14.5 Å². The Kier molecular flexibility index (Phi) is 6.30. The van der Waals surface area contributed by atoms with Crippen LogP contribution in [0.5, 0.6) is 0 Å². The lowest BCUT2D eigenvalue weighted by Gasteiger charge is -2.19. The molecule has 8 heteroatoms. The summed E-state index contributed by atoms with van der Waals surface area (Å²) in [4.78, 5) is 37.0. The Labute approximate surface area is 155 Å². The molecule has 0 atom stereocenters. The van der Waals surface area contributed by atoms with Crippen molar-refractivity contribution in [3.63, 3.8) is 0 Å². The third kappa shape index (κ3) is 4.37. The van der Waals surface area contributed by atoms with E-state index in [0.717, 1.165) is 6.07 Å². The van der Waals surface area contributed by atoms with Gasteiger partial charge in [-0.05, 0) is 44.2 Å². The maximum atomic E-state index is 12.4. The average molecular weight is 376 g/mol. The first-order valence-electron chi connectivity index (χ1n) is 8.02. The van der Waals surface area contributed by atoms with Crippen molar-refractivity contribution in [2.75, 3.05) is 18.4 Å². The standard InChI is InChI=1S/C18H18ClN3O4/c1-3-21(4-2)18(24)12-6-5-7-14(10-12)20-17(23)15-9-8-13(19)11-16(15)22(25)26/h5-11H,3-4H2,1-2H3,(H,20,23). The molecule has 0 bridgehead atoms. The number of carbonyl (C=O) groups excluding carboxylic acids is 2. The van der Waals surface area contributed by atoms with Crippen LogP contribution in [-0.4, -0.2) is 34.7 Å². The fourth-order valence-corrected chi connectivity index (χ4v) is 2.64. The molecule has 0 saturated heterocycles. The molecule has 2 aromatic rings. The van der Waals surface area contributed by atoms with Crippen LogP contribution in [0.25, 0.3) is 0 Å². The minimum atomic E-state index is -0.666. The lowest BCUT2D eigenvalue weighted by atomic mass is 10.1. The molecule has 2 rings (SSSR count). The van der Waals surface area contributed by atoms with Crippen LogP contribution in [0.3, 0.4) is 0 Å². The van der Waals surface area contributed by atoms with E-state index in [-0.39, 0.29) is 22.2 Å². The molecule has 0 unspecified atom stereocenters. The van der Waals surface area contributed by atoms with E-state index in [1.807, 2.05) is 13.8 Å². The second-order valence-electron chi connectivity index (χ2n) is 5.43. The average Bonchev–Trinajstić information content (AvgIpc) is 2.62. The van der Waals surface area contributed by atoms with Crippen LogP contribution < -0.4 is 5.32 Å². The number of carbonyl (C=O) groups is 2. The van der Waals surface area contributed by atoms with Gasteiger partial charge in [0.1, 0.15) is 5.56 Å². The fourth-order valence-electron chi connectivity index (χ4n) is 2.47. The highest BCUT2D eigenvalue weighted by Crippen LogP contribution is 2.24. The molecular weight excluding hydrogens is 358 g/mol. The molecule has 0 fully saturated rings. The predicted molar refractivity (Wildman–Crippen MR) is 99.8 cm³/mol. The van der Waals surface area contributed by atoms with Crippen LogP contribution in [0.15, 0.2) is 42.5 Å². The Morgan fingerprint density at radius 3 is 2.46 bits per heavy atom. The number of hydrogen-bond acceptors (Lipinski definition) is 4. The van der Waals surface area contributed by atoms with Crippen LogP contribution in [0.1, 0.15) is 34.6 Å². The summed E-state index contributed by atoms with van der Waals surface area (Å²) in [5, 5.41) is 13.9. The summed E-state index contributed by atoms with van der Waals surface area (Å²) >= 11 is 5.76. The van der Waals surface area contributed by atoms with Crippen LogP contribution in [0, 0.1) is 10.1 Å². The number of nitrogens with one attached hydrogen (secondary N) is 1. The molecule has 0 heterocycles. The van der Waals surface area contributed by atoms with Crippen molar-refractivity contribution >= 4 is 34.8 Å². The van der Waals surface area contributed by atoms with E-state index in [4.69, 9.17) is 11.6 Å². The van der Waals surface area contributed by atoms with E-state index < -0.39 is 10.8 Å². The van der Waals surface area contributed by atoms with E-state index in [1.54, 1.807) is 29.2 Å². The van der Waals surface area contributed by atoms with Gasteiger partial charge in [0.15, 0.2) is 0 Å². The van der Waals surface area contributed by atoms with E-state index >= 15 is 0 Å². The molecule has 26 heavy (non-hydrogen) atoms. The number of halogens is 1. The summed E-state index contributed by atoms with van der Waals surface area (Å²) < 4.78 is 0. The number of amides is 2. The maximum Gasteiger partial charge on any atom is 0.283 e. The van der Waals surface area contributed by atoms with Gasteiger partial charge >= 0.3 is 0 Å². The van der Waals surface area contributed by atoms with E-state index in [2.05, 4.69) is 5.32 Å². The van der Waals surface area contributed by atoms with E-state index in [9.17, 15) is 19.7 Å². The van der Waals surface area contributed by atoms with Gasteiger partial charge in [-0.25, -0.2) is 0 Å². The summed E-state index contributed by atoms with van der Waals surface area (Å²) in [6, 6.07) is 10.3.